The average molecular weight is 289 g/mol. The van der Waals surface area contributed by atoms with Crippen LogP contribution in [0.2, 0.25) is 0 Å². The highest BCUT2D eigenvalue weighted by Gasteiger charge is 2.10. The van der Waals surface area contributed by atoms with Gasteiger partial charge in [-0.1, -0.05) is 37.8 Å². The zero-order chi connectivity index (χ0) is 15.1. The molecule has 1 heterocycles. The molecule has 0 spiro atoms. The zero-order valence-corrected chi connectivity index (χ0v) is 12.1. The molecule has 0 unspecified atom stereocenters. The Morgan fingerprint density at radius 1 is 1.14 bits per heavy atom. The number of rotatable bonds is 8. The summed E-state index contributed by atoms with van der Waals surface area (Å²) in [5, 5.41) is 14.5. The van der Waals surface area contributed by atoms with E-state index in [9.17, 15) is 10.1 Å². The lowest BCUT2D eigenvalue weighted by molar-refractivity contribution is -0.384. The van der Waals surface area contributed by atoms with E-state index in [4.69, 9.17) is 4.52 Å². The molecule has 112 valence electrons. The van der Waals surface area contributed by atoms with Crippen molar-refractivity contribution in [1.29, 1.82) is 0 Å². The molecule has 0 aliphatic carbocycles. The SMILES string of the molecule is CCCCCCCc1nc(-c2ccc([N+](=O)[O-])cc2)no1. The molecule has 21 heavy (non-hydrogen) atoms. The number of hydrogen-bond acceptors (Lipinski definition) is 5. The number of nitrogens with zero attached hydrogens (tertiary/aromatic N) is 3. The maximum absolute atomic E-state index is 10.6. The van der Waals surface area contributed by atoms with Gasteiger partial charge in [-0.3, -0.25) is 10.1 Å². The molecule has 6 heteroatoms. The molecule has 0 bridgehead atoms. The largest absolute Gasteiger partial charge is 0.339 e. The third-order valence-electron chi connectivity index (χ3n) is 3.30. The predicted octanol–water partition coefficient (Wildman–Crippen LogP) is 4.16. The van der Waals surface area contributed by atoms with Crippen LogP contribution in [0.4, 0.5) is 5.69 Å². The summed E-state index contributed by atoms with van der Waals surface area (Å²) in [6, 6.07) is 6.15. The lowest BCUT2D eigenvalue weighted by atomic mass is 10.1. The van der Waals surface area contributed by atoms with E-state index < -0.39 is 4.92 Å². The van der Waals surface area contributed by atoms with Gasteiger partial charge in [0.25, 0.3) is 5.69 Å². The maximum Gasteiger partial charge on any atom is 0.269 e. The molecule has 0 radical (unpaired) electrons. The fraction of sp³-hybridized carbons (Fsp3) is 0.467. The molecule has 2 aromatic rings. The summed E-state index contributed by atoms with van der Waals surface area (Å²) < 4.78 is 5.21. The smallest absolute Gasteiger partial charge is 0.269 e. The van der Waals surface area contributed by atoms with E-state index in [1.54, 1.807) is 12.1 Å². The summed E-state index contributed by atoms with van der Waals surface area (Å²) in [6.45, 7) is 2.19. The third kappa shape index (κ3) is 4.37. The monoisotopic (exact) mass is 289 g/mol. The first kappa shape index (κ1) is 15.2. The summed E-state index contributed by atoms with van der Waals surface area (Å²) >= 11 is 0. The van der Waals surface area contributed by atoms with Gasteiger partial charge < -0.3 is 4.52 Å². The summed E-state index contributed by atoms with van der Waals surface area (Å²) in [5.41, 5.74) is 0.778. The number of aryl methyl sites for hydroxylation is 1. The number of benzene rings is 1. The van der Waals surface area contributed by atoms with Crippen molar-refractivity contribution < 1.29 is 9.45 Å². The van der Waals surface area contributed by atoms with Gasteiger partial charge in [0.1, 0.15) is 0 Å². The quantitative estimate of drug-likeness (QED) is 0.414. The Bertz CT molecular complexity index is 578. The van der Waals surface area contributed by atoms with Crippen LogP contribution >= 0.6 is 0 Å². The van der Waals surface area contributed by atoms with Crippen molar-refractivity contribution >= 4 is 5.69 Å². The van der Waals surface area contributed by atoms with Crippen LogP contribution in [0.5, 0.6) is 0 Å². The third-order valence-corrected chi connectivity index (χ3v) is 3.30. The van der Waals surface area contributed by atoms with Crippen LogP contribution in [0.15, 0.2) is 28.8 Å². The number of hydrogen-bond donors (Lipinski definition) is 0. The fourth-order valence-electron chi connectivity index (χ4n) is 2.09. The van der Waals surface area contributed by atoms with Crippen molar-refractivity contribution in [3.8, 4) is 11.4 Å². The van der Waals surface area contributed by atoms with Gasteiger partial charge in [0.2, 0.25) is 11.7 Å². The summed E-state index contributed by atoms with van der Waals surface area (Å²) in [7, 11) is 0. The second kappa shape index (κ2) is 7.52. The highest BCUT2D eigenvalue weighted by atomic mass is 16.6. The number of non-ortho nitro benzene ring substituents is 1. The highest BCUT2D eigenvalue weighted by molar-refractivity contribution is 5.56. The first-order chi connectivity index (χ1) is 10.2. The van der Waals surface area contributed by atoms with Gasteiger partial charge in [-0.05, 0) is 18.6 Å². The molecule has 0 aliphatic rings. The van der Waals surface area contributed by atoms with Crippen LogP contribution in [0.3, 0.4) is 0 Å². The summed E-state index contributed by atoms with van der Waals surface area (Å²) in [6.07, 6.45) is 6.72. The molecule has 0 atom stereocenters. The number of unbranched alkanes of at least 4 members (excludes halogenated alkanes) is 4. The Hall–Kier alpha value is -2.24. The van der Waals surface area contributed by atoms with E-state index in [-0.39, 0.29) is 5.69 Å². The molecular formula is C15H19N3O3. The van der Waals surface area contributed by atoms with E-state index in [0.717, 1.165) is 18.4 Å². The van der Waals surface area contributed by atoms with Crippen LogP contribution < -0.4 is 0 Å². The van der Waals surface area contributed by atoms with Crippen molar-refractivity contribution in [2.24, 2.45) is 0 Å². The first-order valence-electron chi connectivity index (χ1n) is 7.28. The van der Waals surface area contributed by atoms with Gasteiger partial charge in [0.05, 0.1) is 4.92 Å². The van der Waals surface area contributed by atoms with Crippen molar-refractivity contribution in [3.63, 3.8) is 0 Å². The molecular weight excluding hydrogens is 270 g/mol. The van der Waals surface area contributed by atoms with E-state index in [0.29, 0.717) is 11.7 Å². The Labute approximate surface area is 123 Å². The molecule has 6 nitrogen and oxygen atoms in total. The summed E-state index contributed by atoms with van der Waals surface area (Å²) in [5.74, 6) is 1.10. The van der Waals surface area contributed by atoms with Crippen molar-refractivity contribution in [2.75, 3.05) is 0 Å². The van der Waals surface area contributed by atoms with Gasteiger partial charge >= 0.3 is 0 Å². The number of nitro benzene ring substituents is 1. The Kier molecular flexibility index (Phi) is 5.43. The van der Waals surface area contributed by atoms with E-state index in [2.05, 4.69) is 17.1 Å². The van der Waals surface area contributed by atoms with E-state index >= 15 is 0 Å². The normalized spacial score (nSPS) is 10.7. The van der Waals surface area contributed by atoms with Crippen LogP contribution in [0.25, 0.3) is 11.4 Å². The van der Waals surface area contributed by atoms with Crippen molar-refractivity contribution in [1.82, 2.24) is 10.1 Å². The molecule has 0 saturated heterocycles. The Morgan fingerprint density at radius 2 is 1.86 bits per heavy atom. The van der Waals surface area contributed by atoms with Gasteiger partial charge in [-0.25, -0.2) is 0 Å². The standard InChI is InChI=1S/C15H19N3O3/c1-2-3-4-5-6-7-14-16-15(17-21-14)12-8-10-13(11-9-12)18(19)20/h8-11H,2-7H2,1H3. The second-order valence-electron chi connectivity index (χ2n) is 4.98. The lowest BCUT2D eigenvalue weighted by Crippen LogP contribution is -1.89. The highest BCUT2D eigenvalue weighted by Crippen LogP contribution is 2.20. The molecule has 0 saturated carbocycles. The van der Waals surface area contributed by atoms with Crippen LogP contribution in [0, 0.1) is 10.1 Å². The van der Waals surface area contributed by atoms with E-state index in [1.165, 1.54) is 37.8 Å². The molecule has 0 aliphatic heterocycles. The van der Waals surface area contributed by atoms with Gasteiger partial charge in [0, 0.05) is 24.1 Å². The molecule has 2 rings (SSSR count). The minimum atomic E-state index is -0.429. The topological polar surface area (TPSA) is 82.1 Å². The average Bonchev–Trinajstić information content (AvgIpc) is 2.96. The molecule has 1 aromatic heterocycles. The van der Waals surface area contributed by atoms with Gasteiger partial charge in [-0.2, -0.15) is 4.98 Å². The molecule has 1 aromatic carbocycles. The summed E-state index contributed by atoms with van der Waals surface area (Å²) in [4.78, 5) is 14.5. The zero-order valence-electron chi connectivity index (χ0n) is 12.1. The fourth-order valence-corrected chi connectivity index (χ4v) is 2.09. The minimum absolute atomic E-state index is 0.0541. The molecule has 0 amide bonds. The van der Waals surface area contributed by atoms with Gasteiger partial charge in [0.15, 0.2) is 0 Å². The van der Waals surface area contributed by atoms with Gasteiger partial charge in [-0.15, -0.1) is 0 Å². The van der Waals surface area contributed by atoms with Crippen molar-refractivity contribution in [3.05, 3.63) is 40.3 Å². The first-order valence-corrected chi connectivity index (χ1v) is 7.28. The Balaban J connectivity index is 1.91. The second-order valence-corrected chi connectivity index (χ2v) is 4.98. The van der Waals surface area contributed by atoms with E-state index in [1.807, 2.05) is 0 Å². The van der Waals surface area contributed by atoms with Crippen molar-refractivity contribution in [2.45, 2.75) is 45.4 Å². The van der Waals surface area contributed by atoms with Crippen LogP contribution in [-0.2, 0) is 6.42 Å². The maximum atomic E-state index is 10.6. The van der Waals surface area contributed by atoms with Crippen LogP contribution in [0.1, 0.15) is 44.9 Å². The minimum Gasteiger partial charge on any atom is -0.339 e. The molecule has 0 fully saturated rings. The predicted molar refractivity (Wildman–Crippen MR) is 78.9 cm³/mol. The lowest BCUT2D eigenvalue weighted by Gasteiger charge is -1.96. The number of aromatic nitrogens is 2. The van der Waals surface area contributed by atoms with Crippen LogP contribution in [-0.4, -0.2) is 15.1 Å². The Morgan fingerprint density at radius 3 is 2.52 bits per heavy atom. The number of nitro groups is 1. The molecule has 0 N–H and O–H groups in total.